The highest BCUT2D eigenvalue weighted by atomic mass is 19.4. The topological polar surface area (TPSA) is 20.2 Å². The molecule has 17 heteroatoms. The van der Waals surface area contributed by atoms with E-state index in [0.717, 1.165) is 0 Å². The third kappa shape index (κ3) is 4.32. The van der Waals surface area contributed by atoms with E-state index in [1.54, 1.807) is 0 Å². The van der Waals surface area contributed by atoms with Gasteiger partial charge in [-0.2, -0.15) is 70.2 Å². The molecule has 192 valence electrons. The van der Waals surface area contributed by atoms with Crippen LogP contribution in [-0.4, -0.2) is 40.9 Å². The van der Waals surface area contributed by atoms with Crippen LogP contribution >= 0.6 is 0 Å². The first-order chi connectivity index (χ1) is 14.3. The summed E-state index contributed by atoms with van der Waals surface area (Å²) in [5.74, 6) is -42.5. The number of aliphatic hydroxyl groups is 1. The summed E-state index contributed by atoms with van der Waals surface area (Å²) < 4.78 is 210. The Morgan fingerprint density at radius 3 is 1.39 bits per heavy atom. The van der Waals surface area contributed by atoms with Crippen LogP contribution in [-0.2, 0) is 6.18 Å². The molecule has 1 aromatic carbocycles. The van der Waals surface area contributed by atoms with E-state index < -0.39 is 65.1 Å². The van der Waals surface area contributed by atoms with Crippen LogP contribution in [0.5, 0.6) is 0 Å². The summed E-state index contributed by atoms with van der Waals surface area (Å²) in [6.07, 6.45) is -16.5. The molecule has 0 aromatic heterocycles. The number of benzene rings is 1. The first kappa shape index (κ1) is 29.1. The van der Waals surface area contributed by atoms with E-state index in [4.69, 9.17) is 0 Å². The molecule has 0 aliphatic rings. The molecule has 0 spiro atoms. The molecule has 1 nitrogen and oxygen atoms in total. The number of alkyl halides is 16. The Hall–Kier alpha value is -1.94. The summed E-state index contributed by atoms with van der Waals surface area (Å²) >= 11 is 0. The molecular weight excluding hydrogens is 512 g/mol. The minimum atomic E-state index is -8.15. The lowest BCUT2D eigenvalue weighted by molar-refractivity contribution is -0.444. The van der Waals surface area contributed by atoms with Gasteiger partial charge in [-0.05, 0) is 11.6 Å². The maximum Gasteiger partial charge on any atom is 0.460 e. The molecule has 2 unspecified atom stereocenters. The van der Waals surface area contributed by atoms with Crippen LogP contribution in [0.3, 0.4) is 0 Å². The molecule has 0 heterocycles. The number of aliphatic hydroxyl groups excluding tert-OH is 1. The molecule has 0 aliphatic heterocycles. The van der Waals surface area contributed by atoms with Gasteiger partial charge in [0.1, 0.15) is 0 Å². The fourth-order valence-corrected chi connectivity index (χ4v) is 2.55. The third-order valence-electron chi connectivity index (χ3n) is 4.59. The molecule has 2 atom stereocenters. The standard InChI is InChI=1S/C16H10F16O/c1-6(9(33)7-4-2-3-5-8(7)11(19,20)21)10(17,18)12(22,23)13(24,25)14(26,27)15(28,29)16(30,31)32/h2-6,9,33H,1H3. The quantitative estimate of drug-likeness (QED) is 0.379. The summed E-state index contributed by atoms with van der Waals surface area (Å²) in [7, 11) is 0. The van der Waals surface area contributed by atoms with Crippen molar-refractivity contribution in [3.63, 3.8) is 0 Å². The second-order valence-corrected chi connectivity index (χ2v) is 6.74. The summed E-state index contributed by atoms with van der Waals surface area (Å²) in [6.45, 7) is -0.331. The minimum absolute atomic E-state index is 0.133. The van der Waals surface area contributed by atoms with Crippen LogP contribution in [0.2, 0.25) is 0 Å². The first-order valence-electron chi connectivity index (χ1n) is 8.10. The predicted molar refractivity (Wildman–Crippen MR) is 76.4 cm³/mol. The van der Waals surface area contributed by atoms with Crippen molar-refractivity contribution in [2.24, 2.45) is 5.92 Å². The Bertz CT molecular complexity index is 838. The lowest BCUT2D eigenvalue weighted by Crippen LogP contribution is -2.71. The molecule has 0 aliphatic carbocycles. The zero-order valence-electron chi connectivity index (χ0n) is 15.5. The van der Waals surface area contributed by atoms with Crippen LogP contribution < -0.4 is 0 Å². The van der Waals surface area contributed by atoms with Gasteiger partial charge in [-0.1, -0.05) is 25.1 Å². The van der Waals surface area contributed by atoms with Crippen molar-refractivity contribution in [2.75, 3.05) is 0 Å². The van der Waals surface area contributed by atoms with Crippen molar-refractivity contribution < 1.29 is 75.4 Å². The number of rotatable bonds is 7. The smallest absolute Gasteiger partial charge is 0.388 e. The normalized spacial score (nSPS) is 17.2. The average Bonchev–Trinajstić information content (AvgIpc) is 2.64. The Kier molecular flexibility index (Phi) is 7.12. The molecule has 0 bridgehead atoms. The van der Waals surface area contributed by atoms with Gasteiger partial charge in [-0.15, -0.1) is 0 Å². The average molecular weight is 522 g/mol. The van der Waals surface area contributed by atoms with Gasteiger partial charge < -0.3 is 5.11 Å². The second-order valence-electron chi connectivity index (χ2n) is 6.74. The van der Waals surface area contributed by atoms with Crippen molar-refractivity contribution in [1.82, 2.24) is 0 Å². The van der Waals surface area contributed by atoms with E-state index in [1.165, 1.54) is 0 Å². The van der Waals surface area contributed by atoms with Gasteiger partial charge in [-0.3, -0.25) is 0 Å². The molecule has 1 aromatic rings. The highest BCUT2D eigenvalue weighted by molar-refractivity contribution is 5.32. The largest absolute Gasteiger partial charge is 0.460 e. The molecule has 0 saturated carbocycles. The summed E-state index contributed by atoms with van der Waals surface area (Å²) in [5.41, 5.74) is -3.56. The number of hydrogen-bond acceptors (Lipinski definition) is 1. The van der Waals surface area contributed by atoms with Crippen molar-refractivity contribution in [2.45, 2.75) is 55.0 Å². The van der Waals surface area contributed by atoms with Gasteiger partial charge in [0, 0.05) is 0 Å². The molecule has 0 radical (unpaired) electrons. The molecule has 0 amide bonds. The lowest BCUT2D eigenvalue weighted by Gasteiger charge is -2.42. The SMILES string of the molecule is CC(C(O)c1ccccc1C(F)(F)F)C(F)(F)C(F)(F)C(F)(F)C(F)(F)C(F)(F)C(F)(F)F. The van der Waals surface area contributed by atoms with Crippen molar-refractivity contribution in [1.29, 1.82) is 0 Å². The summed E-state index contributed by atoms with van der Waals surface area (Å²) in [4.78, 5) is 0. The predicted octanol–water partition coefficient (Wildman–Crippen LogP) is 7.11. The Morgan fingerprint density at radius 2 is 1.00 bits per heavy atom. The Balaban J connectivity index is 3.58. The van der Waals surface area contributed by atoms with Gasteiger partial charge in [0.15, 0.2) is 0 Å². The lowest BCUT2D eigenvalue weighted by atomic mass is 9.82. The van der Waals surface area contributed by atoms with E-state index in [9.17, 15) is 75.4 Å². The van der Waals surface area contributed by atoms with Gasteiger partial charge in [0.25, 0.3) is 0 Å². The van der Waals surface area contributed by atoms with Gasteiger partial charge in [0.2, 0.25) is 0 Å². The van der Waals surface area contributed by atoms with E-state index in [2.05, 4.69) is 0 Å². The zero-order chi connectivity index (χ0) is 26.6. The zero-order valence-corrected chi connectivity index (χ0v) is 15.5. The second kappa shape index (κ2) is 8.08. The Labute approximate surface area is 173 Å². The number of halogens is 16. The van der Waals surface area contributed by atoms with Crippen LogP contribution in [0.1, 0.15) is 24.2 Å². The van der Waals surface area contributed by atoms with E-state index in [0.29, 0.717) is 12.1 Å². The van der Waals surface area contributed by atoms with Gasteiger partial charge >= 0.3 is 42.0 Å². The van der Waals surface area contributed by atoms with E-state index in [1.807, 2.05) is 0 Å². The molecule has 1 N–H and O–H groups in total. The van der Waals surface area contributed by atoms with E-state index >= 15 is 0 Å². The van der Waals surface area contributed by atoms with E-state index in [-0.39, 0.29) is 19.1 Å². The molecule has 0 saturated heterocycles. The van der Waals surface area contributed by atoms with Crippen LogP contribution in [0.15, 0.2) is 24.3 Å². The van der Waals surface area contributed by atoms with Crippen LogP contribution in [0, 0.1) is 5.92 Å². The minimum Gasteiger partial charge on any atom is -0.388 e. The Morgan fingerprint density at radius 1 is 0.606 bits per heavy atom. The fraction of sp³-hybridized carbons (Fsp3) is 0.625. The number of hydrogen-bond donors (Lipinski definition) is 1. The van der Waals surface area contributed by atoms with Crippen molar-refractivity contribution in [3.8, 4) is 0 Å². The third-order valence-corrected chi connectivity index (χ3v) is 4.59. The summed E-state index contributed by atoms with van der Waals surface area (Å²) in [5, 5.41) is 9.72. The maximum absolute atomic E-state index is 14.1. The first-order valence-corrected chi connectivity index (χ1v) is 8.10. The highest BCUT2D eigenvalue weighted by Crippen LogP contribution is 2.62. The maximum atomic E-state index is 14.1. The van der Waals surface area contributed by atoms with Crippen molar-refractivity contribution in [3.05, 3.63) is 35.4 Å². The summed E-state index contributed by atoms with van der Waals surface area (Å²) in [6, 6.07) is 1.63. The van der Waals surface area contributed by atoms with Crippen LogP contribution in [0.4, 0.5) is 70.2 Å². The molecule has 0 fully saturated rings. The molecule has 1 rings (SSSR count). The van der Waals surface area contributed by atoms with Crippen LogP contribution in [0.25, 0.3) is 0 Å². The molecule has 33 heavy (non-hydrogen) atoms. The fourth-order valence-electron chi connectivity index (χ4n) is 2.55. The molecular formula is C16H10F16O. The highest BCUT2D eigenvalue weighted by Gasteiger charge is 2.91. The van der Waals surface area contributed by atoms with Crippen molar-refractivity contribution >= 4 is 0 Å². The van der Waals surface area contributed by atoms with Gasteiger partial charge in [0.05, 0.1) is 17.6 Å². The monoisotopic (exact) mass is 522 g/mol. The van der Waals surface area contributed by atoms with Gasteiger partial charge in [-0.25, -0.2) is 0 Å².